The first-order valence-corrected chi connectivity index (χ1v) is 6.16. The molecule has 1 heterocycles. The number of rotatable bonds is 2. The maximum Gasteiger partial charge on any atom is 0.0558 e. The van der Waals surface area contributed by atoms with Crippen molar-refractivity contribution in [3.05, 3.63) is 0 Å². The van der Waals surface area contributed by atoms with Gasteiger partial charge in [-0.2, -0.15) is 0 Å². The number of aliphatic hydroxyl groups excluding tert-OH is 1. The molecule has 1 aliphatic rings. The summed E-state index contributed by atoms with van der Waals surface area (Å²) < 4.78 is 0. The Hall–Kier alpha value is -0.0800. The molecule has 1 rings (SSSR count). The van der Waals surface area contributed by atoms with Gasteiger partial charge < -0.3 is 10.0 Å². The Morgan fingerprint density at radius 1 is 1.07 bits per heavy atom. The molecular formula is C12H29NO. The van der Waals surface area contributed by atoms with Gasteiger partial charge in [-0.05, 0) is 31.8 Å². The first kappa shape index (κ1) is 16.4. The highest BCUT2D eigenvalue weighted by molar-refractivity contribution is 4.68. The normalized spacial score (nSPS) is 17.6. The number of hydrogen-bond donors (Lipinski definition) is 1. The molecule has 88 valence electrons. The van der Waals surface area contributed by atoms with Gasteiger partial charge in [-0.1, -0.05) is 34.6 Å². The van der Waals surface area contributed by atoms with Gasteiger partial charge in [0.15, 0.2) is 0 Å². The second kappa shape index (κ2) is 12.9. The monoisotopic (exact) mass is 203 g/mol. The second-order valence-electron chi connectivity index (χ2n) is 3.25. The summed E-state index contributed by atoms with van der Waals surface area (Å²) in [5, 5.41) is 8.64. The van der Waals surface area contributed by atoms with Crippen molar-refractivity contribution < 1.29 is 5.11 Å². The molecule has 0 saturated carbocycles. The van der Waals surface area contributed by atoms with E-state index in [1.54, 1.807) is 0 Å². The van der Waals surface area contributed by atoms with Gasteiger partial charge in [-0.15, -0.1) is 0 Å². The molecule has 1 N–H and O–H groups in total. The highest BCUT2D eigenvalue weighted by Crippen LogP contribution is 2.14. The fourth-order valence-electron chi connectivity index (χ4n) is 1.43. The zero-order valence-electron chi connectivity index (χ0n) is 10.7. The number of hydrogen-bond acceptors (Lipinski definition) is 2. The predicted molar refractivity (Wildman–Crippen MR) is 64.6 cm³/mol. The number of β-amino-alcohol motifs (C(OH)–C–C–N with tert-alkyl or cyclic N) is 1. The van der Waals surface area contributed by atoms with E-state index in [1.165, 1.54) is 25.9 Å². The summed E-state index contributed by atoms with van der Waals surface area (Å²) in [5.74, 6) is 0.898. The Morgan fingerprint density at radius 3 is 1.86 bits per heavy atom. The van der Waals surface area contributed by atoms with Gasteiger partial charge in [0.2, 0.25) is 0 Å². The Bertz CT molecular complexity index is 88.3. The minimum Gasteiger partial charge on any atom is -0.395 e. The average molecular weight is 203 g/mol. The minimum absolute atomic E-state index is 0.314. The molecule has 0 atom stereocenters. The molecule has 0 spiro atoms. The molecular weight excluding hydrogens is 174 g/mol. The van der Waals surface area contributed by atoms with Crippen LogP contribution in [0.3, 0.4) is 0 Å². The number of nitrogens with zero attached hydrogens (tertiary/aromatic N) is 1. The van der Waals surface area contributed by atoms with E-state index in [0.29, 0.717) is 6.61 Å². The van der Waals surface area contributed by atoms with Crippen LogP contribution < -0.4 is 0 Å². The molecule has 0 unspecified atom stereocenters. The van der Waals surface area contributed by atoms with Crippen molar-refractivity contribution in [2.45, 2.75) is 47.5 Å². The van der Waals surface area contributed by atoms with Crippen LogP contribution in [0.1, 0.15) is 47.5 Å². The number of likely N-dealkylation sites (tertiary alicyclic amines) is 1. The lowest BCUT2D eigenvalue weighted by molar-refractivity contribution is 0.152. The van der Waals surface area contributed by atoms with Gasteiger partial charge in [0.1, 0.15) is 0 Å². The fraction of sp³-hybridized carbons (Fsp3) is 1.00. The first-order valence-electron chi connectivity index (χ1n) is 6.16. The fourth-order valence-corrected chi connectivity index (χ4v) is 1.43. The lowest BCUT2D eigenvalue weighted by atomic mass is 9.99. The van der Waals surface area contributed by atoms with Crippen molar-refractivity contribution in [2.75, 3.05) is 26.2 Å². The van der Waals surface area contributed by atoms with Crippen LogP contribution in [0.4, 0.5) is 0 Å². The zero-order chi connectivity index (χ0) is 11.4. The summed E-state index contributed by atoms with van der Waals surface area (Å²) >= 11 is 0. The summed E-state index contributed by atoms with van der Waals surface area (Å²) in [5.41, 5.74) is 0. The molecule has 0 aromatic heterocycles. The van der Waals surface area contributed by atoms with Gasteiger partial charge in [-0.25, -0.2) is 0 Å². The molecule has 2 heteroatoms. The predicted octanol–water partition coefficient (Wildman–Crippen LogP) is 2.76. The maximum absolute atomic E-state index is 8.64. The number of piperidine rings is 1. The third-order valence-corrected chi connectivity index (χ3v) is 2.29. The smallest absolute Gasteiger partial charge is 0.0558 e. The molecule has 0 aliphatic carbocycles. The molecule has 0 aromatic rings. The minimum atomic E-state index is 0.314. The van der Waals surface area contributed by atoms with Crippen LogP contribution in [0, 0.1) is 5.92 Å². The Kier molecular flexibility index (Phi) is 15.1. The Balaban J connectivity index is 0. The van der Waals surface area contributed by atoms with E-state index in [2.05, 4.69) is 11.8 Å². The molecule has 14 heavy (non-hydrogen) atoms. The SMILES string of the molecule is CC.CC.CC1CCN(CCO)CC1. The van der Waals surface area contributed by atoms with E-state index < -0.39 is 0 Å². The lowest BCUT2D eigenvalue weighted by Crippen LogP contribution is -2.34. The van der Waals surface area contributed by atoms with Gasteiger partial charge in [0.25, 0.3) is 0 Å². The lowest BCUT2D eigenvalue weighted by Gasteiger charge is -2.29. The van der Waals surface area contributed by atoms with Crippen LogP contribution in [0.5, 0.6) is 0 Å². The highest BCUT2D eigenvalue weighted by Gasteiger charge is 2.13. The van der Waals surface area contributed by atoms with Crippen molar-refractivity contribution in [2.24, 2.45) is 5.92 Å². The van der Waals surface area contributed by atoms with Gasteiger partial charge in [0, 0.05) is 6.54 Å². The van der Waals surface area contributed by atoms with Crippen molar-refractivity contribution in [1.29, 1.82) is 0 Å². The summed E-state index contributed by atoms with van der Waals surface area (Å²) in [7, 11) is 0. The first-order chi connectivity index (χ1) is 6.83. The third-order valence-electron chi connectivity index (χ3n) is 2.29. The molecule has 1 fully saturated rings. The third kappa shape index (κ3) is 8.52. The topological polar surface area (TPSA) is 23.5 Å². The average Bonchev–Trinajstić information content (AvgIpc) is 2.28. The van der Waals surface area contributed by atoms with Crippen molar-refractivity contribution in [3.8, 4) is 0 Å². The highest BCUT2D eigenvalue weighted by atomic mass is 16.3. The van der Waals surface area contributed by atoms with E-state index in [9.17, 15) is 0 Å². The van der Waals surface area contributed by atoms with Crippen LogP contribution >= 0.6 is 0 Å². The second-order valence-corrected chi connectivity index (χ2v) is 3.25. The summed E-state index contributed by atoms with van der Waals surface area (Å²) in [6, 6.07) is 0. The molecule has 0 bridgehead atoms. The van der Waals surface area contributed by atoms with E-state index in [0.717, 1.165) is 12.5 Å². The van der Waals surface area contributed by atoms with Crippen LogP contribution in [-0.2, 0) is 0 Å². The van der Waals surface area contributed by atoms with Gasteiger partial charge >= 0.3 is 0 Å². The summed E-state index contributed by atoms with van der Waals surface area (Å²) in [6.45, 7) is 13.8. The largest absolute Gasteiger partial charge is 0.395 e. The van der Waals surface area contributed by atoms with Crippen LogP contribution in [-0.4, -0.2) is 36.2 Å². The van der Waals surface area contributed by atoms with Crippen LogP contribution in [0.25, 0.3) is 0 Å². The van der Waals surface area contributed by atoms with E-state index in [4.69, 9.17) is 5.11 Å². The molecule has 0 radical (unpaired) electrons. The van der Waals surface area contributed by atoms with E-state index in [-0.39, 0.29) is 0 Å². The number of aliphatic hydroxyl groups is 1. The van der Waals surface area contributed by atoms with Crippen LogP contribution in [0.15, 0.2) is 0 Å². The quantitative estimate of drug-likeness (QED) is 0.746. The van der Waals surface area contributed by atoms with Gasteiger partial charge in [0.05, 0.1) is 6.61 Å². The van der Waals surface area contributed by atoms with E-state index in [1.807, 2.05) is 27.7 Å². The summed E-state index contributed by atoms with van der Waals surface area (Å²) in [4.78, 5) is 2.33. The van der Waals surface area contributed by atoms with Crippen molar-refractivity contribution in [1.82, 2.24) is 4.90 Å². The van der Waals surface area contributed by atoms with Gasteiger partial charge in [-0.3, -0.25) is 0 Å². The van der Waals surface area contributed by atoms with Crippen LogP contribution in [0.2, 0.25) is 0 Å². The Morgan fingerprint density at radius 2 is 1.50 bits per heavy atom. The van der Waals surface area contributed by atoms with Crippen molar-refractivity contribution in [3.63, 3.8) is 0 Å². The standard InChI is InChI=1S/C8H17NO.2C2H6/c1-8-2-4-9(5-3-8)6-7-10;2*1-2/h8,10H,2-7H2,1H3;2*1-2H3. The maximum atomic E-state index is 8.64. The molecule has 2 nitrogen and oxygen atoms in total. The molecule has 1 saturated heterocycles. The Labute approximate surface area is 90.3 Å². The molecule has 0 amide bonds. The van der Waals surface area contributed by atoms with Crippen molar-refractivity contribution >= 4 is 0 Å². The van der Waals surface area contributed by atoms with E-state index >= 15 is 0 Å². The zero-order valence-corrected chi connectivity index (χ0v) is 10.7. The molecule has 1 aliphatic heterocycles. The molecule has 0 aromatic carbocycles. The summed E-state index contributed by atoms with van der Waals surface area (Å²) in [6.07, 6.45) is 2.61.